The van der Waals surface area contributed by atoms with E-state index in [-0.39, 0.29) is 17.7 Å². The van der Waals surface area contributed by atoms with Gasteiger partial charge in [0.1, 0.15) is 11.5 Å². The van der Waals surface area contributed by atoms with Crippen LogP contribution in [0.5, 0.6) is 11.5 Å². The molecule has 0 aliphatic carbocycles. The lowest BCUT2D eigenvalue weighted by atomic mass is 10.0. The number of ether oxygens (including phenoxy) is 1. The first-order valence-corrected chi connectivity index (χ1v) is 6.21. The van der Waals surface area contributed by atoms with Crippen molar-refractivity contribution in [2.24, 2.45) is 5.73 Å². The summed E-state index contributed by atoms with van der Waals surface area (Å²) in [5.41, 5.74) is 6.25. The van der Waals surface area contributed by atoms with Crippen LogP contribution in [0.15, 0.2) is 42.5 Å². The van der Waals surface area contributed by atoms with Gasteiger partial charge in [0.25, 0.3) is 0 Å². The van der Waals surface area contributed by atoms with E-state index < -0.39 is 18.0 Å². The Balaban J connectivity index is 2.38. The average molecular weight is 311 g/mol. The van der Waals surface area contributed by atoms with Gasteiger partial charge in [0.15, 0.2) is 0 Å². The standard InChI is InChI=1S/C15H12F3NO3/c16-15(17,18)22-11-3-1-2-10(8-11)12-6-9(7-14(19)21)4-5-13(12)20/h1-6,8,20H,7H2,(H2,19,21). The van der Waals surface area contributed by atoms with Crippen LogP contribution in [-0.4, -0.2) is 17.4 Å². The number of carbonyl (C=O) groups excluding carboxylic acids is 1. The number of nitrogens with two attached hydrogens (primary N) is 1. The Morgan fingerprint density at radius 3 is 2.55 bits per heavy atom. The third kappa shape index (κ3) is 4.15. The molecule has 116 valence electrons. The van der Waals surface area contributed by atoms with E-state index in [1.807, 2.05) is 0 Å². The fraction of sp³-hybridized carbons (Fsp3) is 0.133. The Hall–Kier alpha value is -2.70. The lowest BCUT2D eigenvalue weighted by Gasteiger charge is -2.11. The van der Waals surface area contributed by atoms with E-state index in [0.29, 0.717) is 11.1 Å². The van der Waals surface area contributed by atoms with E-state index in [1.165, 1.54) is 30.3 Å². The van der Waals surface area contributed by atoms with Crippen molar-refractivity contribution < 1.29 is 27.8 Å². The normalized spacial score (nSPS) is 11.2. The maximum atomic E-state index is 12.2. The Morgan fingerprint density at radius 1 is 1.18 bits per heavy atom. The highest BCUT2D eigenvalue weighted by Crippen LogP contribution is 2.33. The van der Waals surface area contributed by atoms with Gasteiger partial charge in [0, 0.05) is 5.56 Å². The summed E-state index contributed by atoms with van der Waals surface area (Å²) in [7, 11) is 0. The molecule has 2 aromatic carbocycles. The molecule has 7 heteroatoms. The number of phenolic OH excluding ortho intramolecular Hbond substituents is 1. The minimum Gasteiger partial charge on any atom is -0.507 e. The Kier molecular flexibility index (Phi) is 4.25. The summed E-state index contributed by atoms with van der Waals surface area (Å²) < 4.78 is 40.6. The molecule has 22 heavy (non-hydrogen) atoms. The number of primary amides is 1. The fourth-order valence-electron chi connectivity index (χ4n) is 1.99. The Morgan fingerprint density at radius 2 is 1.91 bits per heavy atom. The predicted molar refractivity (Wildman–Crippen MR) is 73.1 cm³/mol. The smallest absolute Gasteiger partial charge is 0.507 e. The predicted octanol–water partition coefficient (Wildman–Crippen LogP) is 2.99. The number of halogens is 3. The van der Waals surface area contributed by atoms with Crippen LogP contribution in [0.4, 0.5) is 13.2 Å². The maximum absolute atomic E-state index is 12.2. The topological polar surface area (TPSA) is 72.6 Å². The summed E-state index contributed by atoms with van der Waals surface area (Å²) in [4.78, 5) is 10.9. The number of phenols is 1. The first-order chi connectivity index (χ1) is 10.2. The minimum absolute atomic E-state index is 0.0357. The molecule has 2 rings (SSSR count). The van der Waals surface area contributed by atoms with Crippen LogP contribution >= 0.6 is 0 Å². The van der Waals surface area contributed by atoms with E-state index in [2.05, 4.69) is 4.74 Å². The molecule has 0 aliphatic heterocycles. The van der Waals surface area contributed by atoms with Crippen molar-refractivity contribution >= 4 is 5.91 Å². The second-order valence-corrected chi connectivity index (χ2v) is 4.57. The number of carbonyl (C=O) groups is 1. The van der Waals surface area contributed by atoms with E-state index in [4.69, 9.17) is 5.73 Å². The van der Waals surface area contributed by atoms with E-state index in [9.17, 15) is 23.1 Å². The number of benzene rings is 2. The molecule has 0 bridgehead atoms. The molecule has 0 atom stereocenters. The summed E-state index contributed by atoms with van der Waals surface area (Å²) in [5, 5.41) is 9.87. The molecular weight excluding hydrogens is 299 g/mol. The zero-order valence-electron chi connectivity index (χ0n) is 11.2. The molecule has 0 aromatic heterocycles. The molecule has 0 spiro atoms. The number of hydrogen-bond donors (Lipinski definition) is 2. The number of rotatable bonds is 4. The van der Waals surface area contributed by atoms with Gasteiger partial charge in [-0.25, -0.2) is 0 Å². The van der Waals surface area contributed by atoms with Gasteiger partial charge in [-0.3, -0.25) is 4.79 Å². The van der Waals surface area contributed by atoms with E-state index >= 15 is 0 Å². The number of aromatic hydroxyl groups is 1. The second-order valence-electron chi connectivity index (χ2n) is 4.57. The number of amides is 1. The molecule has 0 saturated heterocycles. The molecule has 4 nitrogen and oxygen atoms in total. The highest BCUT2D eigenvalue weighted by Gasteiger charge is 2.31. The minimum atomic E-state index is -4.80. The first-order valence-electron chi connectivity index (χ1n) is 6.21. The number of hydrogen-bond acceptors (Lipinski definition) is 3. The first kappa shape index (κ1) is 15.7. The van der Waals surface area contributed by atoms with Crippen LogP contribution in [0.1, 0.15) is 5.56 Å². The SMILES string of the molecule is NC(=O)Cc1ccc(O)c(-c2cccc(OC(F)(F)F)c2)c1. The molecule has 1 amide bonds. The van der Waals surface area contributed by atoms with Gasteiger partial charge in [-0.1, -0.05) is 18.2 Å². The second kappa shape index (κ2) is 5.97. The van der Waals surface area contributed by atoms with Crippen LogP contribution in [0, 0.1) is 0 Å². The Labute approximate surface area is 123 Å². The Bertz CT molecular complexity index is 699. The lowest BCUT2D eigenvalue weighted by Crippen LogP contribution is -2.17. The van der Waals surface area contributed by atoms with Crippen molar-refractivity contribution in [3.8, 4) is 22.6 Å². The number of alkyl halides is 3. The highest BCUT2D eigenvalue weighted by molar-refractivity contribution is 5.78. The third-order valence-corrected chi connectivity index (χ3v) is 2.82. The summed E-state index contributed by atoms with van der Waals surface area (Å²) in [6, 6.07) is 9.55. The van der Waals surface area contributed by atoms with Crippen molar-refractivity contribution in [2.75, 3.05) is 0 Å². The van der Waals surface area contributed by atoms with Gasteiger partial charge in [0.2, 0.25) is 5.91 Å². The van der Waals surface area contributed by atoms with Crippen molar-refractivity contribution in [1.82, 2.24) is 0 Å². The van der Waals surface area contributed by atoms with Crippen molar-refractivity contribution in [1.29, 1.82) is 0 Å². The highest BCUT2D eigenvalue weighted by atomic mass is 19.4. The van der Waals surface area contributed by atoms with Gasteiger partial charge in [-0.05, 0) is 35.4 Å². The van der Waals surface area contributed by atoms with Gasteiger partial charge >= 0.3 is 6.36 Å². The zero-order chi connectivity index (χ0) is 16.3. The van der Waals surface area contributed by atoms with Crippen LogP contribution in [0.2, 0.25) is 0 Å². The van der Waals surface area contributed by atoms with E-state index in [1.54, 1.807) is 0 Å². The van der Waals surface area contributed by atoms with Crippen LogP contribution in [-0.2, 0) is 11.2 Å². The van der Waals surface area contributed by atoms with Crippen LogP contribution < -0.4 is 10.5 Å². The third-order valence-electron chi connectivity index (χ3n) is 2.82. The summed E-state index contributed by atoms with van der Waals surface area (Å²) >= 11 is 0. The quantitative estimate of drug-likeness (QED) is 0.911. The van der Waals surface area contributed by atoms with Gasteiger partial charge in [0.05, 0.1) is 6.42 Å². The fourth-order valence-corrected chi connectivity index (χ4v) is 1.99. The van der Waals surface area contributed by atoms with Gasteiger partial charge < -0.3 is 15.6 Å². The van der Waals surface area contributed by atoms with Crippen molar-refractivity contribution in [3.05, 3.63) is 48.0 Å². The molecule has 0 unspecified atom stereocenters. The molecular formula is C15H12F3NO3. The summed E-state index contributed by atoms with van der Waals surface area (Å²) in [6.07, 6.45) is -4.83. The largest absolute Gasteiger partial charge is 0.573 e. The molecule has 0 saturated carbocycles. The summed E-state index contributed by atoms with van der Waals surface area (Å²) in [6.45, 7) is 0. The molecule has 3 N–H and O–H groups in total. The van der Waals surface area contributed by atoms with Gasteiger partial charge in [-0.15, -0.1) is 13.2 Å². The molecule has 0 aliphatic rings. The zero-order valence-corrected chi connectivity index (χ0v) is 11.2. The van der Waals surface area contributed by atoms with Gasteiger partial charge in [-0.2, -0.15) is 0 Å². The van der Waals surface area contributed by atoms with Crippen molar-refractivity contribution in [2.45, 2.75) is 12.8 Å². The molecule has 0 fully saturated rings. The molecule has 2 aromatic rings. The summed E-state index contributed by atoms with van der Waals surface area (Å²) in [5.74, 6) is -1.08. The van der Waals surface area contributed by atoms with E-state index in [0.717, 1.165) is 12.1 Å². The molecule has 0 heterocycles. The average Bonchev–Trinajstić information content (AvgIpc) is 2.39. The lowest BCUT2D eigenvalue weighted by molar-refractivity contribution is -0.274. The van der Waals surface area contributed by atoms with Crippen molar-refractivity contribution in [3.63, 3.8) is 0 Å². The van der Waals surface area contributed by atoms with Crippen LogP contribution in [0.25, 0.3) is 11.1 Å². The monoisotopic (exact) mass is 311 g/mol. The molecule has 0 radical (unpaired) electrons. The maximum Gasteiger partial charge on any atom is 0.573 e. The van der Waals surface area contributed by atoms with Crippen LogP contribution in [0.3, 0.4) is 0 Å².